The molecule has 1 aromatic carbocycles. The lowest BCUT2D eigenvalue weighted by atomic mass is 9.76. The summed E-state index contributed by atoms with van der Waals surface area (Å²) in [5.74, 6) is -2.54. The van der Waals surface area contributed by atoms with E-state index < -0.39 is 68.2 Å². The average molecular weight is 494 g/mol. The number of hydrogen-bond donors (Lipinski definition) is 1. The lowest BCUT2D eigenvalue weighted by molar-refractivity contribution is -0.236. The molecule has 0 spiro atoms. The normalized spacial score (nSPS) is 19.4. The molecule has 1 amide bonds. The predicted octanol–water partition coefficient (Wildman–Crippen LogP) is 3.22. The molecule has 1 saturated heterocycles. The highest BCUT2D eigenvalue weighted by Crippen LogP contribution is 2.47. The highest BCUT2D eigenvalue weighted by molar-refractivity contribution is 6.00. The quantitative estimate of drug-likeness (QED) is 0.486. The minimum absolute atomic E-state index is 0.0860. The number of ketones is 1. The molecule has 188 valence electrons. The van der Waals surface area contributed by atoms with Crippen LogP contribution in [0.5, 0.6) is 0 Å². The summed E-state index contributed by atoms with van der Waals surface area (Å²) < 4.78 is 84.7. The van der Waals surface area contributed by atoms with Crippen molar-refractivity contribution in [3.63, 3.8) is 0 Å². The summed E-state index contributed by atoms with van der Waals surface area (Å²) in [6, 6.07) is 3.36. The molecule has 34 heavy (non-hydrogen) atoms. The lowest BCUT2D eigenvalue weighted by Crippen LogP contribution is -2.59. The van der Waals surface area contributed by atoms with E-state index in [0.717, 1.165) is 12.0 Å². The Hall–Kier alpha value is -2.63. The summed E-state index contributed by atoms with van der Waals surface area (Å²) in [6.45, 7) is -2.53. The Morgan fingerprint density at radius 1 is 1.12 bits per heavy atom. The standard InChI is InChI=1S/C22H24F6N2O4/c1-34-18(32)16(11-13-3-2-4-15-14(13)5-6-17(15)31)29-19(33)20(22(26,27)28)7-9-30(10-8-20)12-21(23,24)25/h2-4,16H,5-12H2,1H3,(H,29,33)/t16-/m0/s1. The molecule has 12 heteroatoms. The van der Waals surface area contributed by atoms with Crippen molar-refractivity contribution in [3.05, 3.63) is 34.9 Å². The van der Waals surface area contributed by atoms with Crippen LogP contribution in [0.1, 0.15) is 40.7 Å². The molecule has 0 unspecified atom stereocenters. The molecule has 1 aliphatic heterocycles. The van der Waals surface area contributed by atoms with Crippen molar-refractivity contribution in [2.45, 2.75) is 50.5 Å². The first-order valence-corrected chi connectivity index (χ1v) is 10.7. The van der Waals surface area contributed by atoms with Gasteiger partial charge in [-0.15, -0.1) is 0 Å². The van der Waals surface area contributed by atoms with Crippen LogP contribution in [0.4, 0.5) is 26.3 Å². The second kappa shape index (κ2) is 9.55. The van der Waals surface area contributed by atoms with E-state index in [1.165, 1.54) is 0 Å². The third-order valence-electron chi connectivity index (χ3n) is 6.48. The average Bonchev–Trinajstić information content (AvgIpc) is 3.13. The Balaban J connectivity index is 1.81. The van der Waals surface area contributed by atoms with Crippen LogP contribution in [0.15, 0.2) is 18.2 Å². The van der Waals surface area contributed by atoms with Crippen LogP contribution in [0, 0.1) is 5.41 Å². The maximum absolute atomic E-state index is 14.0. The predicted molar refractivity (Wildman–Crippen MR) is 107 cm³/mol. The molecule has 1 heterocycles. The van der Waals surface area contributed by atoms with Crippen LogP contribution in [-0.2, 0) is 27.2 Å². The van der Waals surface area contributed by atoms with Crippen molar-refractivity contribution in [1.82, 2.24) is 10.2 Å². The van der Waals surface area contributed by atoms with Crippen LogP contribution in [-0.4, -0.2) is 67.7 Å². The van der Waals surface area contributed by atoms with Crippen molar-refractivity contribution in [2.75, 3.05) is 26.7 Å². The minimum atomic E-state index is -5.04. The fourth-order valence-electron chi connectivity index (χ4n) is 4.59. The Morgan fingerprint density at radius 3 is 2.32 bits per heavy atom. The Bertz CT molecular complexity index is 952. The second-order valence-electron chi connectivity index (χ2n) is 8.59. The smallest absolute Gasteiger partial charge is 0.403 e. The van der Waals surface area contributed by atoms with Gasteiger partial charge < -0.3 is 10.1 Å². The first-order valence-electron chi connectivity index (χ1n) is 10.7. The number of carbonyl (C=O) groups is 3. The van der Waals surface area contributed by atoms with Gasteiger partial charge >= 0.3 is 18.3 Å². The monoisotopic (exact) mass is 494 g/mol. The van der Waals surface area contributed by atoms with Gasteiger partial charge in [-0.25, -0.2) is 4.79 Å². The molecule has 1 N–H and O–H groups in total. The molecule has 2 aliphatic rings. The van der Waals surface area contributed by atoms with E-state index in [1.54, 1.807) is 18.2 Å². The van der Waals surface area contributed by atoms with E-state index in [2.05, 4.69) is 10.1 Å². The molecule has 1 aromatic rings. The molecule has 0 radical (unpaired) electrons. The van der Waals surface area contributed by atoms with Crippen LogP contribution in [0.2, 0.25) is 0 Å². The SMILES string of the molecule is COC(=O)[C@H](Cc1cccc2c1CCC2=O)NC(=O)C1(C(F)(F)F)CCN(CC(F)(F)F)CC1. The number of carbonyl (C=O) groups excluding carboxylic acids is 3. The maximum atomic E-state index is 14.0. The van der Waals surface area contributed by atoms with Crippen molar-refractivity contribution in [2.24, 2.45) is 5.41 Å². The molecule has 0 saturated carbocycles. The number of nitrogens with one attached hydrogen (secondary N) is 1. The number of likely N-dealkylation sites (tertiary alicyclic amines) is 1. The van der Waals surface area contributed by atoms with Crippen LogP contribution in [0.3, 0.4) is 0 Å². The van der Waals surface area contributed by atoms with Gasteiger partial charge in [0.1, 0.15) is 11.5 Å². The van der Waals surface area contributed by atoms with E-state index in [4.69, 9.17) is 0 Å². The molecule has 1 atom stereocenters. The fourth-order valence-corrected chi connectivity index (χ4v) is 4.59. The Kier molecular flexibility index (Phi) is 7.30. The highest BCUT2D eigenvalue weighted by atomic mass is 19.4. The number of nitrogens with zero attached hydrogens (tertiary/aromatic N) is 1. The molecule has 0 aromatic heterocycles. The van der Waals surface area contributed by atoms with Crippen LogP contribution >= 0.6 is 0 Å². The lowest BCUT2D eigenvalue weighted by Gasteiger charge is -2.42. The number of ether oxygens (including phenoxy) is 1. The molecule has 6 nitrogen and oxygen atoms in total. The number of fused-ring (bicyclic) bond motifs is 1. The third kappa shape index (κ3) is 5.37. The van der Waals surface area contributed by atoms with Crippen molar-refractivity contribution >= 4 is 17.7 Å². The third-order valence-corrected chi connectivity index (χ3v) is 6.48. The van der Waals surface area contributed by atoms with Gasteiger partial charge in [0.05, 0.1) is 13.7 Å². The van der Waals surface area contributed by atoms with E-state index in [1.807, 2.05) is 0 Å². The zero-order valence-corrected chi connectivity index (χ0v) is 18.3. The number of rotatable bonds is 6. The zero-order valence-electron chi connectivity index (χ0n) is 18.3. The zero-order chi connectivity index (χ0) is 25.3. The summed E-state index contributed by atoms with van der Waals surface area (Å²) in [5.41, 5.74) is -1.27. The molecular weight excluding hydrogens is 470 g/mol. The maximum Gasteiger partial charge on any atom is 0.403 e. The minimum Gasteiger partial charge on any atom is -0.467 e. The molecule has 3 rings (SSSR count). The number of amides is 1. The number of halogens is 6. The van der Waals surface area contributed by atoms with E-state index in [9.17, 15) is 40.7 Å². The first kappa shape index (κ1) is 26.0. The molecule has 1 aliphatic carbocycles. The first-order chi connectivity index (χ1) is 15.8. The van der Waals surface area contributed by atoms with E-state index >= 15 is 0 Å². The fraction of sp³-hybridized carbons (Fsp3) is 0.591. The van der Waals surface area contributed by atoms with Gasteiger partial charge in [-0.3, -0.25) is 14.5 Å². The van der Waals surface area contributed by atoms with E-state index in [0.29, 0.717) is 23.1 Å². The van der Waals surface area contributed by atoms with E-state index in [-0.39, 0.29) is 18.6 Å². The number of piperidine rings is 1. The highest BCUT2D eigenvalue weighted by Gasteiger charge is 2.61. The number of esters is 1. The number of hydrogen-bond acceptors (Lipinski definition) is 5. The summed E-state index contributed by atoms with van der Waals surface area (Å²) in [4.78, 5) is 38.1. The topological polar surface area (TPSA) is 75.7 Å². The largest absolute Gasteiger partial charge is 0.467 e. The van der Waals surface area contributed by atoms with Crippen LogP contribution < -0.4 is 5.32 Å². The molecular formula is C22H24F6N2O4. The Morgan fingerprint density at radius 2 is 1.76 bits per heavy atom. The van der Waals surface area contributed by atoms with Gasteiger partial charge in [-0.05, 0) is 43.5 Å². The van der Waals surface area contributed by atoms with Crippen LogP contribution in [0.25, 0.3) is 0 Å². The van der Waals surface area contributed by atoms with Gasteiger partial charge in [-0.1, -0.05) is 18.2 Å². The number of Topliss-reactive ketones (excluding diaryl/α,β-unsaturated/α-hetero) is 1. The summed E-state index contributed by atoms with van der Waals surface area (Å²) in [6.07, 6.45) is -10.9. The van der Waals surface area contributed by atoms with Gasteiger partial charge in [0.15, 0.2) is 5.78 Å². The van der Waals surface area contributed by atoms with Gasteiger partial charge in [-0.2, -0.15) is 26.3 Å². The Labute approximate surface area is 191 Å². The van der Waals surface area contributed by atoms with Crippen molar-refractivity contribution in [3.8, 4) is 0 Å². The second-order valence-corrected chi connectivity index (χ2v) is 8.59. The summed E-state index contributed by atoms with van der Waals surface area (Å²) in [5, 5.41) is 2.14. The molecule has 1 fully saturated rings. The van der Waals surface area contributed by atoms with Gasteiger partial charge in [0, 0.05) is 18.4 Å². The summed E-state index contributed by atoms with van der Waals surface area (Å²) >= 11 is 0. The van der Waals surface area contributed by atoms with Crippen molar-refractivity contribution < 1.29 is 45.5 Å². The molecule has 0 bridgehead atoms. The van der Waals surface area contributed by atoms with Crippen molar-refractivity contribution in [1.29, 1.82) is 0 Å². The van der Waals surface area contributed by atoms with Gasteiger partial charge in [0.2, 0.25) is 5.91 Å². The summed E-state index contributed by atoms with van der Waals surface area (Å²) in [7, 11) is 1.02. The van der Waals surface area contributed by atoms with Gasteiger partial charge in [0.25, 0.3) is 0 Å². The number of alkyl halides is 6. The number of methoxy groups -OCH3 is 1. The number of benzene rings is 1.